The van der Waals surface area contributed by atoms with Gasteiger partial charge in [0, 0.05) is 39.3 Å². The Balaban J connectivity index is 0.0000106. The van der Waals surface area contributed by atoms with Gasteiger partial charge in [-0.25, -0.2) is 27.1 Å². The van der Waals surface area contributed by atoms with Crippen LogP contribution >= 0.6 is 22.7 Å². The molecule has 2 aromatic rings. The molecule has 0 atom stereocenters. The molecule has 0 radical (unpaired) electrons. The summed E-state index contributed by atoms with van der Waals surface area (Å²) in [5.74, 6) is -6.08. The fourth-order valence-electron chi connectivity index (χ4n) is 3.29. The van der Waals surface area contributed by atoms with Gasteiger partial charge in [0.25, 0.3) is 20.0 Å². The summed E-state index contributed by atoms with van der Waals surface area (Å²) in [6, 6.07) is 0. The average Bonchev–Trinajstić information content (AvgIpc) is 3.54. The van der Waals surface area contributed by atoms with E-state index in [1.165, 1.54) is 4.90 Å². The molecular formula is C18H25N11O12S4Zn. The van der Waals surface area contributed by atoms with E-state index in [9.17, 15) is 56.1 Å². The summed E-state index contributed by atoms with van der Waals surface area (Å²) in [5, 5.41) is 59.2. The van der Waals surface area contributed by atoms with Crippen LogP contribution in [0, 0.1) is 0 Å². The van der Waals surface area contributed by atoms with Crippen LogP contribution in [0.25, 0.3) is 0 Å². The molecule has 2 amide bonds. The number of anilines is 2. The standard InChI is InChI=1S/C18H27N11O12S4.Zn/c19-44(38,39)17-25-23-15(42-17)21-10(30)5-28(8-13(34)35)3-1-27(7-12(32)33)2-4-29(9-14(36)37)6-11(31)22-16-24-26-18(43-16)45(20,40)41;/h1-9H2,(H,32,33)(H,34,35)(H,36,37)(H2,19,38,39)(H2,20,40,41)(H,21,23,30)(H,22,24,31);/q;+2/p-2. The Morgan fingerprint density at radius 3 is 1.33 bits per heavy atom. The normalized spacial score (nSPS) is 11.8. The van der Waals surface area contributed by atoms with Crippen molar-refractivity contribution in [3.05, 3.63) is 0 Å². The third-order valence-corrected chi connectivity index (χ3v) is 9.35. The van der Waals surface area contributed by atoms with Crippen molar-refractivity contribution in [3.63, 3.8) is 0 Å². The number of carboxylic acids is 3. The van der Waals surface area contributed by atoms with E-state index >= 15 is 0 Å². The SMILES string of the molecule is NS(=O)(=O)c1nnc(NC(=O)CN(CCN(CCN(CC(=O)O)CC(=O)Nc2nnc(S(N)(=O)=O)s2)CC(=O)[O-])CC(=O)[O-])s1.[Zn+2]. The molecule has 0 aromatic carbocycles. The molecule has 2 rings (SSSR count). The minimum absolute atomic E-state index is 0. The molecule has 7 N–H and O–H groups in total. The molecule has 0 saturated heterocycles. The number of nitrogens with one attached hydrogen (secondary N) is 2. The fourth-order valence-corrected chi connectivity index (χ4v) is 5.99. The Hall–Kier alpha value is -3.21. The molecule has 0 aliphatic rings. The second kappa shape index (κ2) is 18.2. The summed E-state index contributed by atoms with van der Waals surface area (Å²) in [7, 11) is -8.35. The van der Waals surface area contributed by atoms with E-state index < -0.39 is 91.2 Å². The topological polar surface area (TPSA) is 357 Å². The van der Waals surface area contributed by atoms with Gasteiger partial charge in [0.2, 0.25) is 30.8 Å². The van der Waals surface area contributed by atoms with E-state index in [2.05, 4.69) is 31.0 Å². The smallest absolute Gasteiger partial charge is 0.549 e. The number of aromatic nitrogens is 4. The Labute approximate surface area is 280 Å². The van der Waals surface area contributed by atoms with Gasteiger partial charge in [0.1, 0.15) is 0 Å². The molecule has 2 aromatic heterocycles. The molecule has 0 saturated carbocycles. The van der Waals surface area contributed by atoms with Gasteiger partial charge in [-0.1, -0.05) is 22.7 Å². The number of carbonyl (C=O) groups excluding carboxylic acids is 4. The van der Waals surface area contributed by atoms with Crippen molar-refractivity contribution in [1.82, 2.24) is 35.1 Å². The first-order valence-electron chi connectivity index (χ1n) is 11.9. The molecule has 0 aliphatic carbocycles. The maximum Gasteiger partial charge on any atom is 2.00 e. The van der Waals surface area contributed by atoms with Crippen LogP contribution in [-0.4, -0.2) is 146 Å². The Morgan fingerprint density at radius 1 is 0.652 bits per heavy atom. The van der Waals surface area contributed by atoms with Crippen molar-refractivity contribution in [2.45, 2.75) is 8.68 Å². The number of primary sulfonamides is 2. The molecule has 28 heteroatoms. The Bertz CT molecular complexity index is 1510. The van der Waals surface area contributed by atoms with Gasteiger partial charge in [0.05, 0.1) is 31.6 Å². The summed E-state index contributed by atoms with van der Waals surface area (Å²) >= 11 is 0.906. The van der Waals surface area contributed by atoms with E-state index in [0.29, 0.717) is 22.7 Å². The maximum absolute atomic E-state index is 12.4. The summed E-state index contributed by atoms with van der Waals surface area (Å²) in [5.41, 5.74) is 0. The van der Waals surface area contributed by atoms with Crippen LogP contribution in [-0.2, 0) is 63.5 Å². The summed E-state index contributed by atoms with van der Waals surface area (Å²) < 4.78 is 44.2. The quantitative estimate of drug-likeness (QED) is 0.0615. The van der Waals surface area contributed by atoms with Crippen molar-refractivity contribution in [2.75, 3.05) is 69.5 Å². The number of aliphatic carboxylic acids is 3. The van der Waals surface area contributed by atoms with E-state index in [-0.39, 0.29) is 55.9 Å². The average molecular weight is 781 g/mol. The van der Waals surface area contributed by atoms with Crippen LogP contribution in [0.15, 0.2) is 8.68 Å². The molecule has 0 bridgehead atoms. The first-order chi connectivity index (χ1) is 20.8. The van der Waals surface area contributed by atoms with Crippen LogP contribution < -0.4 is 31.1 Å². The molecule has 0 fully saturated rings. The van der Waals surface area contributed by atoms with Crippen molar-refractivity contribution < 1.29 is 75.6 Å². The van der Waals surface area contributed by atoms with Gasteiger partial charge in [-0.2, -0.15) is 0 Å². The van der Waals surface area contributed by atoms with E-state index in [1.807, 2.05) is 0 Å². The third-order valence-electron chi connectivity index (χ3n) is 5.06. The second-order valence-corrected chi connectivity index (χ2v) is 14.2. The largest absolute Gasteiger partial charge is 2.00 e. The number of rotatable bonds is 20. The molecule has 0 unspecified atom stereocenters. The zero-order valence-electron chi connectivity index (χ0n) is 23.4. The number of amides is 2. The minimum atomic E-state index is -4.18. The molecule has 0 aliphatic heterocycles. The maximum atomic E-state index is 12.4. The first-order valence-corrected chi connectivity index (χ1v) is 16.6. The van der Waals surface area contributed by atoms with E-state index in [0.717, 1.165) is 9.80 Å². The second-order valence-electron chi connectivity index (χ2n) is 8.77. The number of hydrogen-bond donors (Lipinski definition) is 5. The number of hydrogen-bond acceptors (Lipinski definition) is 20. The van der Waals surface area contributed by atoms with Gasteiger partial charge >= 0.3 is 25.4 Å². The number of carbonyl (C=O) groups is 5. The minimum Gasteiger partial charge on any atom is -0.549 e. The summed E-state index contributed by atoms with van der Waals surface area (Å²) in [6.45, 7) is -4.04. The number of nitrogens with zero attached hydrogens (tertiary/aromatic N) is 7. The number of sulfonamides is 2. The predicted molar refractivity (Wildman–Crippen MR) is 147 cm³/mol. The van der Waals surface area contributed by atoms with Crippen molar-refractivity contribution >= 4 is 82.7 Å². The first kappa shape index (κ1) is 40.8. The Kier molecular flexibility index (Phi) is 16.2. The monoisotopic (exact) mass is 779 g/mol. The molecule has 250 valence electrons. The van der Waals surface area contributed by atoms with Crippen LogP contribution in [0.2, 0.25) is 0 Å². The van der Waals surface area contributed by atoms with Crippen LogP contribution in [0.3, 0.4) is 0 Å². The van der Waals surface area contributed by atoms with Crippen molar-refractivity contribution in [3.8, 4) is 0 Å². The molecule has 0 spiro atoms. The zero-order valence-corrected chi connectivity index (χ0v) is 29.7. The summed E-state index contributed by atoms with van der Waals surface area (Å²) in [4.78, 5) is 62.2. The van der Waals surface area contributed by atoms with E-state index in [1.54, 1.807) is 0 Å². The predicted octanol–water partition coefficient (Wildman–Crippen LogP) is -7.25. The van der Waals surface area contributed by atoms with Crippen molar-refractivity contribution in [1.29, 1.82) is 0 Å². The zero-order chi connectivity index (χ0) is 33.9. The fraction of sp³-hybridized carbons (Fsp3) is 0.500. The van der Waals surface area contributed by atoms with Gasteiger partial charge in [-0.3, -0.25) is 39.7 Å². The van der Waals surface area contributed by atoms with Gasteiger partial charge in [0.15, 0.2) is 0 Å². The van der Waals surface area contributed by atoms with Crippen LogP contribution in [0.1, 0.15) is 0 Å². The van der Waals surface area contributed by atoms with Gasteiger partial charge in [-0.05, 0) is 0 Å². The molecule has 46 heavy (non-hydrogen) atoms. The van der Waals surface area contributed by atoms with Gasteiger partial charge < -0.3 is 24.9 Å². The molecule has 23 nitrogen and oxygen atoms in total. The Morgan fingerprint density at radius 2 is 1.00 bits per heavy atom. The molecular weight excluding hydrogens is 756 g/mol. The third kappa shape index (κ3) is 15.4. The van der Waals surface area contributed by atoms with Crippen LogP contribution in [0.4, 0.5) is 10.3 Å². The number of nitrogens with two attached hydrogens (primary N) is 2. The van der Waals surface area contributed by atoms with Crippen LogP contribution in [0.5, 0.6) is 0 Å². The number of carboxylic acid groups (broad SMARTS) is 3. The molecule has 2 heterocycles. The van der Waals surface area contributed by atoms with Gasteiger partial charge in [-0.15, -0.1) is 20.4 Å². The van der Waals surface area contributed by atoms with Crippen molar-refractivity contribution in [2.24, 2.45) is 10.3 Å². The summed E-state index contributed by atoms with van der Waals surface area (Å²) in [6.07, 6.45) is 0. The van der Waals surface area contributed by atoms with E-state index in [4.69, 9.17) is 10.3 Å².